The molecule has 0 aromatic carbocycles. The molecule has 10 heavy (non-hydrogen) atoms. The van der Waals surface area contributed by atoms with Crippen molar-refractivity contribution < 1.29 is 13.2 Å². The fourth-order valence-corrected chi connectivity index (χ4v) is 0.448. The van der Waals surface area contributed by atoms with Gasteiger partial charge >= 0.3 is 40.5 Å². The molecule has 0 N–H and O–H groups in total. The zero-order chi connectivity index (χ0) is 7.82. The van der Waals surface area contributed by atoms with E-state index in [9.17, 15) is 0 Å². The predicted octanol–water partition coefficient (Wildman–Crippen LogP) is 3.08. The Bertz CT molecular complexity index is 157. The summed E-state index contributed by atoms with van der Waals surface area (Å²) in [4.78, 5) is 3.98. The summed E-state index contributed by atoms with van der Waals surface area (Å²) in [6.45, 7) is 1.97. The number of rotatable bonds is 0. The molecule has 1 heterocycles. The Morgan fingerprint density at radius 3 is 2.20 bits per heavy atom. The molecule has 0 atom stereocenters. The third-order valence-electron chi connectivity index (χ3n) is 0.813. The maximum atomic E-state index is 3.98. The summed E-state index contributed by atoms with van der Waals surface area (Å²) in [5, 5.41) is 0. The van der Waals surface area contributed by atoms with E-state index in [4.69, 9.17) is 0 Å². The van der Waals surface area contributed by atoms with E-state index >= 15 is 0 Å². The van der Waals surface area contributed by atoms with Gasteiger partial charge in [-0.15, -0.1) is 0 Å². The molecule has 0 amide bonds. The molecule has 1 nitrogen and oxygen atoms in total. The van der Waals surface area contributed by atoms with Crippen molar-refractivity contribution in [3.63, 3.8) is 0 Å². The number of aromatic nitrogens is 1. The second-order valence-corrected chi connectivity index (χ2v) is 15.6. The molecule has 0 saturated carbocycles. The van der Waals surface area contributed by atoms with Crippen LogP contribution in [-0.4, -0.2) is 4.98 Å². The molecule has 0 bridgehead atoms. The van der Waals surface area contributed by atoms with Crippen molar-refractivity contribution >= 4 is 27.2 Å². The topological polar surface area (TPSA) is 12.9 Å². The van der Waals surface area contributed by atoms with Crippen molar-refractivity contribution in [2.75, 3.05) is 0 Å². The normalized spacial score (nSPS) is 7.10. The summed E-state index contributed by atoms with van der Waals surface area (Å²) in [6.07, 6.45) is 1.79. The van der Waals surface area contributed by atoms with Crippen LogP contribution in [0.25, 0.3) is 0 Å². The van der Waals surface area contributed by atoms with Crippen LogP contribution in [0.3, 0.4) is 0 Å². The Labute approximate surface area is 81.9 Å². The van der Waals surface area contributed by atoms with Crippen molar-refractivity contribution in [2.24, 2.45) is 0 Å². The quantitative estimate of drug-likeness (QED) is 0.670. The molecular weight excluding hydrogens is 311 g/mol. The van der Waals surface area contributed by atoms with Gasteiger partial charge in [0.25, 0.3) is 0 Å². The number of halogens is 2. The van der Waals surface area contributed by atoms with Gasteiger partial charge in [-0.1, -0.05) is 6.07 Å². The fourth-order valence-electron chi connectivity index (χ4n) is 0.448. The van der Waals surface area contributed by atoms with Gasteiger partial charge in [0.1, 0.15) is 0 Å². The van der Waals surface area contributed by atoms with Gasteiger partial charge in [-0.25, -0.2) is 0 Å². The first-order valence-electron chi connectivity index (χ1n) is 2.81. The van der Waals surface area contributed by atoms with Gasteiger partial charge in [-0.05, 0) is 19.1 Å². The molecule has 1 rings (SSSR count). The van der Waals surface area contributed by atoms with Crippen LogP contribution in [0.15, 0.2) is 24.4 Å². The van der Waals surface area contributed by atoms with Gasteiger partial charge in [0.05, 0.1) is 0 Å². The summed E-state index contributed by atoms with van der Waals surface area (Å²) >= 11 is 6.25. The number of nitrogens with zero attached hydrogens (tertiary/aromatic N) is 1. The van der Waals surface area contributed by atoms with E-state index in [1.165, 1.54) is 0 Å². The third-order valence-corrected chi connectivity index (χ3v) is 0.813. The molecule has 1 aromatic rings. The summed E-state index contributed by atoms with van der Waals surface area (Å²) in [5.74, 6) is 0. The molecule has 0 unspecified atom stereocenters. The Morgan fingerprint density at radius 1 is 1.40 bits per heavy atom. The van der Waals surface area contributed by atoms with Gasteiger partial charge in [0, 0.05) is 11.9 Å². The van der Waals surface area contributed by atoms with Crippen molar-refractivity contribution in [3.8, 4) is 0 Å². The first-order valence-corrected chi connectivity index (χ1v) is 16.7. The summed E-state index contributed by atoms with van der Waals surface area (Å²) < 4.78 is 0. The fraction of sp³-hybridized carbons (Fsp3) is 0.167. The van der Waals surface area contributed by atoms with E-state index < -0.39 is 0 Å². The monoisotopic (exact) mass is 315 g/mol. The number of hydrogen-bond acceptors (Lipinski definition) is 1. The van der Waals surface area contributed by atoms with Gasteiger partial charge in [0.15, 0.2) is 0 Å². The molecule has 0 radical (unpaired) electrons. The molecule has 0 aliphatic carbocycles. The van der Waals surface area contributed by atoms with E-state index in [-0.39, 0.29) is 13.2 Å². The Balaban J connectivity index is 0.000000236. The second-order valence-electron chi connectivity index (χ2n) is 1.57. The predicted molar refractivity (Wildman–Crippen MR) is 46.8 cm³/mol. The van der Waals surface area contributed by atoms with Crippen LogP contribution < -0.4 is 0 Å². The summed E-state index contributed by atoms with van der Waals surface area (Å²) in [6, 6.07) is 5.86. The van der Waals surface area contributed by atoms with Crippen LogP contribution in [0.1, 0.15) is 5.69 Å². The second kappa shape index (κ2) is 7.84. The molecule has 0 fully saturated rings. The maximum absolute atomic E-state index is 3.98. The molecule has 1 aromatic heterocycles. The van der Waals surface area contributed by atoms with Crippen molar-refractivity contribution in [1.29, 1.82) is 0 Å². The van der Waals surface area contributed by atoms with Gasteiger partial charge in [-0.3, -0.25) is 4.98 Å². The van der Waals surface area contributed by atoms with Crippen molar-refractivity contribution in [1.82, 2.24) is 4.98 Å². The average molecular weight is 318 g/mol. The summed E-state index contributed by atoms with van der Waals surface area (Å²) in [5.41, 5.74) is 1.07. The van der Waals surface area contributed by atoms with Crippen LogP contribution in [0.4, 0.5) is 0 Å². The Morgan fingerprint density at radius 2 is 2.00 bits per heavy atom. The minimum absolute atomic E-state index is 0.250. The Kier molecular flexibility index (Phi) is 8.41. The van der Waals surface area contributed by atoms with Gasteiger partial charge in [-0.2, -0.15) is 0 Å². The van der Waals surface area contributed by atoms with Crippen molar-refractivity contribution in [2.45, 2.75) is 6.92 Å². The molecule has 0 saturated heterocycles. The number of hydrogen-bond donors (Lipinski definition) is 0. The van der Waals surface area contributed by atoms with Crippen LogP contribution in [0.5, 0.6) is 0 Å². The van der Waals surface area contributed by atoms with Gasteiger partial charge in [0.2, 0.25) is 0 Å². The van der Waals surface area contributed by atoms with E-state index in [1.807, 2.05) is 25.1 Å². The van der Waals surface area contributed by atoms with E-state index in [0.29, 0.717) is 0 Å². The first kappa shape index (κ1) is 10.7. The number of pyridine rings is 1. The van der Waals surface area contributed by atoms with E-state index in [0.717, 1.165) is 5.69 Å². The standard InChI is InChI=1S/C6H7N.2BrH.Zn/c1-6-4-2-3-5-7-6;;;/h2-5H,1H3;2*1H;/q;;;+2/p-2. The average Bonchev–Trinajstić information content (AvgIpc) is 1.91. The van der Waals surface area contributed by atoms with Crippen LogP contribution in [-0.2, 0) is 13.2 Å². The van der Waals surface area contributed by atoms with Crippen LogP contribution >= 0.6 is 27.2 Å². The molecule has 4 heteroatoms. The molecule has 52 valence electrons. The van der Waals surface area contributed by atoms with Crippen LogP contribution in [0.2, 0.25) is 0 Å². The van der Waals surface area contributed by atoms with E-state index in [2.05, 4.69) is 32.2 Å². The zero-order valence-corrected chi connectivity index (χ0v) is 11.9. The minimum atomic E-state index is -0.250. The van der Waals surface area contributed by atoms with E-state index in [1.54, 1.807) is 6.20 Å². The molecule has 0 aliphatic heterocycles. The SMILES string of the molecule is Cc1ccccn1.[Br][Zn][Br]. The third kappa shape index (κ3) is 6.85. The number of aryl methyl sites for hydroxylation is 1. The zero-order valence-electron chi connectivity index (χ0n) is 5.72. The van der Waals surface area contributed by atoms with Gasteiger partial charge < -0.3 is 0 Å². The van der Waals surface area contributed by atoms with Crippen molar-refractivity contribution in [3.05, 3.63) is 30.1 Å². The molecule has 0 aliphatic rings. The van der Waals surface area contributed by atoms with Crippen LogP contribution in [0, 0.1) is 6.92 Å². The first-order chi connectivity index (χ1) is 4.81. The molecule has 0 spiro atoms. The summed E-state index contributed by atoms with van der Waals surface area (Å²) in [7, 11) is 0. The Hall–Kier alpha value is 0.733. The molecular formula is C6H7Br2NZn.